The summed E-state index contributed by atoms with van der Waals surface area (Å²) in [6, 6.07) is 15.2. The SMILES string of the molecule is CCOc1ccc(Cl)cc1CNCC(O)c1ccccc1.[Cl-]. The van der Waals surface area contributed by atoms with E-state index in [2.05, 4.69) is 5.32 Å². The van der Waals surface area contributed by atoms with Crippen LogP contribution < -0.4 is 22.5 Å². The number of aliphatic hydroxyl groups is 1. The van der Waals surface area contributed by atoms with Crippen molar-refractivity contribution in [3.05, 3.63) is 64.7 Å². The van der Waals surface area contributed by atoms with E-state index >= 15 is 0 Å². The Morgan fingerprint density at radius 3 is 2.59 bits per heavy atom. The average Bonchev–Trinajstić information content (AvgIpc) is 2.51. The van der Waals surface area contributed by atoms with Crippen molar-refractivity contribution >= 4 is 11.6 Å². The first kappa shape index (κ1) is 18.8. The molecule has 5 heteroatoms. The molecule has 2 N–H and O–H groups in total. The number of nitrogens with one attached hydrogen (secondary N) is 1. The van der Waals surface area contributed by atoms with E-state index in [0.29, 0.717) is 24.7 Å². The quantitative estimate of drug-likeness (QED) is 0.774. The highest BCUT2D eigenvalue weighted by Gasteiger charge is 2.08. The molecule has 2 aromatic rings. The standard InChI is InChI=1S/C17H20ClNO2.ClH/c1-2-21-17-9-8-15(18)10-14(17)11-19-12-16(20)13-6-4-3-5-7-13;/h3-10,16,19-20H,2,11-12H2,1H3;1H/p-1. The van der Waals surface area contributed by atoms with Gasteiger partial charge in [-0.3, -0.25) is 0 Å². The molecular formula is C17H20Cl2NO2-. The molecule has 22 heavy (non-hydrogen) atoms. The predicted octanol–water partition coefficient (Wildman–Crippen LogP) is 0.566. The Morgan fingerprint density at radius 1 is 1.18 bits per heavy atom. The molecule has 0 amide bonds. The van der Waals surface area contributed by atoms with E-state index < -0.39 is 6.10 Å². The highest BCUT2D eigenvalue weighted by atomic mass is 35.5. The molecule has 0 saturated carbocycles. The van der Waals surface area contributed by atoms with Gasteiger partial charge in [-0.15, -0.1) is 0 Å². The first-order valence-corrected chi connectivity index (χ1v) is 7.43. The van der Waals surface area contributed by atoms with Crippen molar-refractivity contribution in [3.8, 4) is 5.75 Å². The fourth-order valence-electron chi connectivity index (χ4n) is 2.12. The van der Waals surface area contributed by atoms with Crippen LogP contribution in [0.2, 0.25) is 5.02 Å². The predicted molar refractivity (Wildman–Crippen MR) is 85.7 cm³/mol. The first-order valence-electron chi connectivity index (χ1n) is 7.05. The molecule has 0 spiro atoms. The van der Waals surface area contributed by atoms with E-state index in [4.69, 9.17) is 16.3 Å². The van der Waals surface area contributed by atoms with Crippen LogP contribution in [-0.4, -0.2) is 18.3 Å². The summed E-state index contributed by atoms with van der Waals surface area (Å²) in [7, 11) is 0. The summed E-state index contributed by atoms with van der Waals surface area (Å²) in [4.78, 5) is 0. The molecule has 1 atom stereocenters. The molecule has 0 saturated heterocycles. The molecule has 3 nitrogen and oxygen atoms in total. The Hall–Kier alpha value is -1.26. The monoisotopic (exact) mass is 340 g/mol. The molecule has 1 unspecified atom stereocenters. The van der Waals surface area contributed by atoms with Gasteiger partial charge >= 0.3 is 0 Å². The molecule has 0 radical (unpaired) electrons. The van der Waals surface area contributed by atoms with Crippen LogP contribution in [-0.2, 0) is 6.54 Å². The van der Waals surface area contributed by atoms with Crippen LogP contribution in [0.15, 0.2) is 48.5 Å². The van der Waals surface area contributed by atoms with Crippen molar-refractivity contribution in [2.45, 2.75) is 19.6 Å². The second-order valence-electron chi connectivity index (χ2n) is 4.74. The van der Waals surface area contributed by atoms with Gasteiger partial charge in [0.25, 0.3) is 0 Å². The Bertz CT molecular complexity index is 564. The van der Waals surface area contributed by atoms with Gasteiger partial charge in [-0.25, -0.2) is 0 Å². The van der Waals surface area contributed by atoms with Gasteiger partial charge in [0, 0.05) is 23.7 Å². The number of benzene rings is 2. The molecule has 0 heterocycles. The molecule has 120 valence electrons. The van der Waals surface area contributed by atoms with Crippen molar-refractivity contribution in [3.63, 3.8) is 0 Å². The van der Waals surface area contributed by atoms with E-state index in [1.165, 1.54) is 0 Å². The van der Waals surface area contributed by atoms with Crippen molar-refractivity contribution in [1.29, 1.82) is 0 Å². The van der Waals surface area contributed by atoms with E-state index in [1.54, 1.807) is 0 Å². The molecule has 0 fully saturated rings. The fraction of sp³-hybridized carbons (Fsp3) is 0.294. The summed E-state index contributed by atoms with van der Waals surface area (Å²) in [5.41, 5.74) is 1.89. The third-order valence-corrected chi connectivity index (χ3v) is 3.39. The minimum atomic E-state index is -0.527. The summed E-state index contributed by atoms with van der Waals surface area (Å²) in [5, 5.41) is 14.0. The molecular weight excluding hydrogens is 321 g/mol. The zero-order valence-corrected chi connectivity index (χ0v) is 13.9. The zero-order valence-electron chi connectivity index (χ0n) is 12.4. The second-order valence-corrected chi connectivity index (χ2v) is 5.18. The maximum Gasteiger partial charge on any atom is 0.123 e. The van der Waals surface area contributed by atoms with E-state index in [-0.39, 0.29) is 12.4 Å². The maximum atomic E-state index is 10.1. The Kier molecular flexibility index (Phi) is 8.28. The van der Waals surface area contributed by atoms with E-state index in [9.17, 15) is 5.11 Å². The number of rotatable bonds is 7. The summed E-state index contributed by atoms with van der Waals surface area (Å²) in [5.74, 6) is 0.823. The van der Waals surface area contributed by atoms with Gasteiger partial charge in [0.15, 0.2) is 0 Å². The number of hydrogen-bond donors (Lipinski definition) is 2. The molecule has 2 aromatic carbocycles. The number of hydrogen-bond acceptors (Lipinski definition) is 3. The van der Waals surface area contributed by atoms with Crippen molar-refractivity contribution in [2.24, 2.45) is 0 Å². The Labute approximate surface area is 142 Å². The second kappa shape index (κ2) is 9.70. The summed E-state index contributed by atoms with van der Waals surface area (Å²) < 4.78 is 5.57. The van der Waals surface area contributed by atoms with E-state index in [0.717, 1.165) is 16.9 Å². The number of ether oxygens (including phenoxy) is 1. The lowest BCUT2D eigenvalue weighted by atomic mass is 10.1. The van der Waals surface area contributed by atoms with Gasteiger partial charge in [0.1, 0.15) is 5.75 Å². The van der Waals surface area contributed by atoms with Crippen LogP contribution >= 0.6 is 11.6 Å². The normalized spacial score (nSPS) is 11.6. The maximum absolute atomic E-state index is 10.1. The molecule has 0 aromatic heterocycles. The van der Waals surface area contributed by atoms with Crippen LogP contribution in [0, 0.1) is 0 Å². The third kappa shape index (κ3) is 5.50. The molecule has 0 aliphatic heterocycles. The van der Waals surface area contributed by atoms with Crippen molar-refractivity contribution in [2.75, 3.05) is 13.2 Å². The van der Waals surface area contributed by atoms with Crippen LogP contribution in [0.1, 0.15) is 24.2 Å². The summed E-state index contributed by atoms with van der Waals surface area (Å²) in [6.45, 7) is 3.63. The minimum Gasteiger partial charge on any atom is -1.00 e. The fourth-order valence-corrected chi connectivity index (χ4v) is 2.31. The van der Waals surface area contributed by atoms with E-state index in [1.807, 2.05) is 55.5 Å². The highest BCUT2D eigenvalue weighted by molar-refractivity contribution is 6.30. The van der Waals surface area contributed by atoms with Gasteiger partial charge in [0.05, 0.1) is 12.7 Å². The van der Waals surface area contributed by atoms with Gasteiger partial charge < -0.3 is 27.6 Å². The highest BCUT2D eigenvalue weighted by Crippen LogP contribution is 2.23. The Morgan fingerprint density at radius 2 is 1.91 bits per heavy atom. The third-order valence-electron chi connectivity index (χ3n) is 3.16. The average molecular weight is 341 g/mol. The van der Waals surface area contributed by atoms with Crippen molar-refractivity contribution < 1.29 is 22.3 Å². The lowest BCUT2D eigenvalue weighted by molar-refractivity contribution is -0.00000639. The van der Waals surface area contributed by atoms with Crippen LogP contribution in [0.3, 0.4) is 0 Å². The lowest BCUT2D eigenvalue weighted by Crippen LogP contribution is -3.00. The zero-order chi connectivity index (χ0) is 15.1. The number of halogens is 2. The van der Waals surface area contributed by atoms with Gasteiger partial charge in [-0.2, -0.15) is 0 Å². The molecule has 2 rings (SSSR count). The van der Waals surface area contributed by atoms with Gasteiger partial charge in [0.2, 0.25) is 0 Å². The van der Waals surface area contributed by atoms with Crippen molar-refractivity contribution in [1.82, 2.24) is 5.32 Å². The first-order chi connectivity index (χ1) is 10.2. The molecule has 0 aliphatic carbocycles. The summed E-state index contributed by atoms with van der Waals surface area (Å²) >= 11 is 6.02. The molecule has 0 bridgehead atoms. The van der Waals surface area contributed by atoms with Gasteiger partial charge in [-0.1, -0.05) is 41.9 Å². The summed E-state index contributed by atoms with van der Waals surface area (Å²) in [6.07, 6.45) is -0.527. The smallest absolute Gasteiger partial charge is 0.123 e. The van der Waals surface area contributed by atoms with Crippen LogP contribution in [0.5, 0.6) is 5.75 Å². The number of aliphatic hydroxyl groups excluding tert-OH is 1. The minimum absolute atomic E-state index is 0. The molecule has 0 aliphatic rings. The largest absolute Gasteiger partial charge is 1.00 e. The van der Waals surface area contributed by atoms with Crippen LogP contribution in [0.25, 0.3) is 0 Å². The topological polar surface area (TPSA) is 41.5 Å². The Balaban J connectivity index is 0.00000242. The lowest BCUT2D eigenvalue weighted by Gasteiger charge is -2.14. The van der Waals surface area contributed by atoms with Crippen LogP contribution in [0.4, 0.5) is 0 Å². The van der Waals surface area contributed by atoms with Gasteiger partial charge in [-0.05, 0) is 30.7 Å².